The highest BCUT2D eigenvalue weighted by molar-refractivity contribution is 6.05. The van der Waals surface area contributed by atoms with E-state index in [2.05, 4.69) is 40.5 Å². The quantitative estimate of drug-likeness (QED) is 0.838. The lowest BCUT2D eigenvalue weighted by Crippen LogP contribution is -2.55. The maximum absolute atomic E-state index is 12.7. The highest BCUT2D eigenvalue weighted by Gasteiger charge is 2.40. The third-order valence-corrected chi connectivity index (χ3v) is 5.30. The summed E-state index contributed by atoms with van der Waals surface area (Å²) < 4.78 is 0. The molecule has 1 aliphatic carbocycles. The van der Waals surface area contributed by atoms with Crippen molar-refractivity contribution in [1.82, 2.24) is 9.97 Å². The van der Waals surface area contributed by atoms with Gasteiger partial charge in [-0.15, -0.1) is 0 Å². The molecule has 0 N–H and O–H groups in total. The molecule has 1 aromatic heterocycles. The van der Waals surface area contributed by atoms with Gasteiger partial charge in [0.25, 0.3) is 0 Å². The number of carbonyl (C=O) groups excluding carboxylic acids is 1. The number of fused-ring (bicyclic) bond motifs is 1. The number of carbonyl (C=O) groups is 1. The van der Waals surface area contributed by atoms with Crippen molar-refractivity contribution in [3.05, 3.63) is 6.20 Å². The third kappa shape index (κ3) is 2.56. The highest BCUT2D eigenvalue weighted by Crippen LogP contribution is 2.38. The number of nitrogens with zero attached hydrogens (tertiary/aromatic N) is 6. The van der Waals surface area contributed by atoms with Gasteiger partial charge >= 0.3 is 0 Å². The zero-order valence-corrected chi connectivity index (χ0v) is 15.4. The van der Waals surface area contributed by atoms with Gasteiger partial charge in [-0.3, -0.25) is 14.7 Å². The van der Waals surface area contributed by atoms with Crippen molar-refractivity contribution in [2.24, 2.45) is 10.9 Å². The second-order valence-corrected chi connectivity index (χ2v) is 7.37. The summed E-state index contributed by atoms with van der Waals surface area (Å²) >= 11 is 0. The number of hydrogen-bond donors (Lipinski definition) is 0. The van der Waals surface area contributed by atoms with E-state index in [9.17, 15) is 4.79 Å². The van der Waals surface area contributed by atoms with Gasteiger partial charge < -0.3 is 9.80 Å². The van der Waals surface area contributed by atoms with Crippen LogP contribution < -0.4 is 14.7 Å². The smallest absolute Gasteiger partial charge is 0.249 e. The summed E-state index contributed by atoms with van der Waals surface area (Å²) in [7, 11) is 1.82. The molecule has 1 saturated carbocycles. The number of anilines is 3. The number of likely N-dealkylation sites (N-methyl/N-ethyl adjacent to an activating group) is 1. The predicted octanol–water partition coefficient (Wildman–Crippen LogP) is 2.07. The van der Waals surface area contributed by atoms with Crippen LogP contribution in [0.25, 0.3) is 0 Å². The molecule has 1 aromatic rings. The molecule has 0 spiro atoms. The number of hydrogen-bond acceptors (Lipinski definition) is 6. The van der Waals surface area contributed by atoms with Crippen LogP contribution >= 0.6 is 0 Å². The van der Waals surface area contributed by atoms with Crippen molar-refractivity contribution in [2.45, 2.75) is 52.1 Å². The summed E-state index contributed by atoms with van der Waals surface area (Å²) in [6, 6.07) is 0.0228. The fraction of sp³-hybridized carbons (Fsp3) is 0.667. The fourth-order valence-corrected chi connectivity index (χ4v) is 3.86. The van der Waals surface area contributed by atoms with Crippen LogP contribution in [0.3, 0.4) is 0 Å². The number of amidine groups is 1. The van der Waals surface area contributed by atoms with Crippen LogP contribution in [0.1, 0.15) is 40.0 Å². The Morgan fingerprint density at radius 2 is 2.08 bits per heavy atom. The van der Waals surface area contributed by atoms with E-state index in [1.54, 1.807) is 11.1 Å². The van der Waals surface area contributed by atoms with E-state index in [1.807, 2.05) is 7.05 Å². The molecule has 3 heterocycles. The van der Waals surface area contributed by atoms with E-state index in [-0.39, 0.29) is 18.0 Å². The second kappa shape index (κ2) is 5.97. The van der Waals surface area contributed by atoms with Gasteiger partial charge in [-0.05, 0) is 33.1 Å². The zero-order valence-electron chi connectivity index (χ0n) is 15.4. The molecule has 0 saturated heterocycles. The maximum Gasteiger partial charge on any atom is 0.249 e. The summed E-state index contributed by atoms with van der Waals surface area (Å²) in [6.45, 7) is 7.94. The van der Waals surface area contributed by atoms with Crippen LogP contribution in [-0.2, 0) is 4.79 Å². The van der Waals surface area contributed by atoms with Crippen LogP contribution in [-0.4, -0.2) is 53.9 Å². The summed E-state index contributed by atoms with van der Waals surface area (Å²) in [5.41, 5.74) is 0.788. The Labute approximate surface area is 148 Å². The lowest BCUT2D eigenvalue weighted by molar-refractivity contribution is -0.120. The van der Waals surface area contributed by atoms with E-state index in [0.29, 0.717) is 11.9 Å². The molecule has 1 fully saturated rings. The van der Waals surface area contributed by atoms with Crippen molar-refractivity contribution in [3.8, 4) is 0 Å². The Bertz CT molecular complexity index is 726. The number of rotatable bonds is 4. The average molecular weight is 342 g/mol. The van der Waals surface area contributed by atoms with Gasteiger partial charge in [-0.25, -0.2) is 4.98 Å². The predicted molar refractivity (Wildman–Crippen MR) is 99.5 cm³/mol. The normalized spacial score (nSPS) is 23.4. The topological polar surface area (TPSA) is 64.9 Å². The number of aromatic nitrogens is 2. The van der Waals surface area contributed by atoms with Crippen LogP contribution in [0.5, 0.6) is 0 Å². The first-order chi connectivity index (χ1) is 12.0. The van der Waals surface area contributed by atoms with E-state index < -0.39 is 0 Å². The summed E-state index contributed by atoms with van der Waals surface area (Å²) in [5.74, 6) is 3.40. The summed E-state index contributed by atoms with van der Waals surface area (Å²) in [5, 5.41) is 0. The van der Waals surface area contributed by atoms with E-state index >= 15 is 0 Å². The van der Waals surface area contributed by atoms with Crippen LogP contribution in [0.2, 0.25) is 0 Å². The Morgan fingerprint density at radius 3 is 2.72 bits per heavy atom. The van der Waals surface area contributed by atoms with Gasteiger partial charge in [-0.1, -0.05) is 6.92 Å². The van der Waals surface area contributed by atoms with Gasteiger partial charge in [0.1, 0.15) is 17.6 Å². The molecule has 1 atom stereocenters. The molecule has 7 nitrogen and oxygen atoms in total. The minimum Gasteiger partial charge on any atom is -0.340 e. The van der Waals surface area contributed by atoms with E-state index in [0.717, 1.165) is 36.9 Å². The molecule has 4 rings (SSSR count). The molecule has 0 bridgehead atoms. The highest BCUT2D eigenvalue weighted by atomic mass is 16.2. The largest absolute Gasteiger partial charge is 0.340 e. The van der Waals surface area contributed by atoms with E-state index in [1.165, 1.54) is 12.8 Å². The summed E-state index contributed by atoms with van der Waals surface area (Å²) in [4.78, 5) is 32.9. The number of aliphatic imine (C=N–C) groups is 1. The lowest BCUT2D eigenvalue weighted by atomic mass is 10.1. The van der Waals surface area contributed by atoms with Crippen LogP contribution in [0, 0.1) is 5.92 Å². The zero-order chi connectivity index (χ0) is 17.7. The molecule has 0 unspecified atom stereocenters. The van der Waals surface area contributed by atoms with Crippen molar-refractivity contribution < 1.29 is 4.79 Å². The van der Waals surface area contributed by atoms with E-state index in [4.69, 9.17) is 4.98 Å². The Morgan fingerprint density at radius 1 is 1.32 bits per heavy atom. The van der Waals surface area contributed by atoms with Crippen LogP contribution in [0.4, 0.5) is 17.5 Å². The molecule has 0 aromatic carbocycles. The van der Waals surface area contributed by atoms with Gasteiger partial charge in [0.2, 0.25) is 11.9 Å². The Hall–Kier alpha value is -2.18. The van der Waals surface area contributed by atoms with Gasteiger partial charge in [0.05, 0.1) is 12.7 Å². The molecule has 3 aliphatic rings. The maximum atomic E-state index is 12.7. The SMILES string of the molecule is CC[C@@H]1C(=O)N(C)c2cnc(N3CCN=C3C3CC3)nc2N1C(C)C. The molecule has 25 heavy (non-hydrogen) atoms. The first-order valence-electron chi connectivity index (χ1n) is 9.27. The lowest BCUT2D eigenvalue weighted by Gasteiger charge is -2.42. The van der Waals surface area contributed by atoms with Crippen molar-refractivity contribution in [1.29, 1.82) is 0 Å². The van der Waals surface area contributed by atoms with Gasteiger partial charge in [-0.2, -0.15) is 4.98 Å². The molecule has 7 heteroatoms. The standard InChI is InChI=1S/C18H26N6O/c1-5-13-17(25)22(4)14-10-20-18(21-16(14)24(13)11(2)3)23-9-8-19-15(23)12-6-7-12/h10-13H,5-9H2,1-4H3/t13-/m1/s1. The minimum absolute atomic E-state index is 0.112. The molecule has 134 valence electrons. The summed E-state index contributed by atoms with van der Waals surface area (Å²) in [6.07, 6.45) is 4.99. The molecular formula is C18H26N6O. The molecule has 0 radical (unpaired) electrons. The van der Waals surface area contributed by atoms with Crippen molar-refractivity contribution >= 4 is 29.2 Å². The average Bonchev–Trinajstić information content (AvgIpc) is 3.33. The van der Waals surface area contributed by atoms with Crippen LogP contribution in [0.15, 0.2) is 11.2 Å². The van der Waals surface area contributed by atoms with Crippen molar-refractivity contribution in [3.63, 3.8) is 0 Å². The van der Waals surface area contributed by atoms with Gasteiger partial charge in [0, 0.05) is 25.6 Å². The first kappa shape index (κ1) is 16.3. The third-order valence-electron chi connectivity index (χ3n) is 5.30. The molecule has 2 aliphatic heterocycles. The minimum atomic E-state index is -0.171. The second-order valence-electron chi connectivity index (χ2n) is 7.37. The molecular weight excluding hydrogens is 316 g/mol. The Balaban J connectivity index is 1.76. The Kier molecular flexibility index (Phi) is 3.89. The monoisotopic (exact) mass is 342 g/mol. The fourth-order valence-electron chi connectivity index (χ4n) is 3.86. The van der Waals surface area contributed by atoms with Crippen molar-refractivity contribution in [2.75, 3.05) is 34.8 Å². The number of amides is 1. The molecule has 1 amide bonds. The van der Waals surface area contributed by atoms with Gasteiger partial charge in [0.15, 0.2) is 5.82 Å². The first-order valence-corrected chi connectivity index (χ1v) is 9.27.